The van der Waals surface area contributed by atoms with Crippen LogP contribution in [-0.4, -0.2) is 18.5 Å². The molecule has 0 bridgehead atoms. The van der Waals surface area contributed by atoms with Crippen molar-refractivity contribution in [3.8, 4) is 5.75 Å². The lowest BCUT2D eigenvalue weighted by Crippen LogP contribution is -2.11. The van der Waals surface area contributed by atoms with Crippen LogP contribution in [0.5, 0.6) is 5.75 Å². The van der Waals surface area contributed by atoms with Crippen LogP contribution >= 0.6 is 0 Å². The number of hydrogen-bond donors (Lipinski definition) is 0. The standard InChI is InChI=1S/C18H17FO4/c1-12(2)11-22-17(20)13-7-9-14(10-8-13)23-18(21)15-5-3-4-6-16(15)19/h3-10,12H,11H2,1-2H3. The molecule has 2 aromatic rings. The van der Waals surface area contributed by atoms with Gasteiger partial charge in [0.25, 0.3) is 0 Å². The summed E-state index contributed by atoms with van der Waals surface area (Å²) >= 11 is 0. The molecule has 0 radical (unpaired) electrons. The molecule has 0 saturated carbocycles. The molecule has 0 aliphatic rings. The molecule has 0 fully saturated rings. The van der Waals surface area contributed by atoms with Gasteiger partial charge < -0.3 is 9.47 Å². The summed E-state index contributed by atoms with van der Waals surface area (Å²) in [4.78, 5) is 23.6. The first-order chi connectivity index (χ1) is 11.0. The summed E-state index contributed by atoms with van der Waals surface area (Å²) in [6, 6.07) is 11.5. The lowest BCUT2D eigenvalue weighted by Gasteiger charge is -2.08. The average Bonchev–Trinajstić information content (AvgIpc) is 2.53. The van der Waals surface area contributed by atoms with Gasteiger partial charge in [-0.05, 0) is 42.3 Å². The van der Waals surface area contributed by atoms with E-state index in [4.69, 9.17) is 9.47 Å². The minimum Gasteiger partial charge on any atom is -0.462 e. The van der Waals surface area contributed by atoms with Crippen LogP contribution in [0.25, 0.3) is 0 Å². The minimum atomic E-state index is -0.793. The van der Waals surface area contributed by atoms with Crippen molar-refractivity contribution in [3.05, 3.63) is 65.5 Å². The van der Waals surface area contributed by atoms with E-state index in [1.54, 1.807) is 6.07 Å². The van der Waals surface area contributed by atoms with Crippen molar-refractivity contribution in [1.82, 2.24) is 0 Å². The molecule has 0 unspecified atom stereocenters. The molecule has 4 nitrogen and oxygen atoms in total. The van der Waals surface area contributed by atoms with Crippen LogP contribution in [0.15, 0.2) is 48.5 Å². The maximum atomic E-state index is 13.5. The van der Waals surface area contributed by atoms with Crippen molar-refractivity contribution in [2.75, 3.05) is 6.61 Å². The average molecular weight is 316 g/mol. The molecule has 23 heavy (non-hydrogen) atoms. The number of rotatable bonds is 5. The Kier molecular flexibility index (Phi) is 5.46. The highest BCUT2D eigenvalue weighted by Crippen LogP contribution is 2.16. The van der Waals surface area contributed by atoms with Crippen molar-refractivity contribution in [1.29, 1.82) is 0 Å². The zero-order valence-electron chi connectivity index (χ0n) is 12.9. The number of ether oxygens (including phenoxy) is 2. The number of hydrogen-bond acceptors (Lipinski definition) is 4. The summed E-state index contributed by atoms with van der Waals surface area (Å²) in [6.45, 7) is 4.22. The maximum absolute atomic E-state index is 13.5. The third kappa shape index (κ3) is 4.64. The molecule has 5 heteroatoms. The van der Waals surface area contributed by atoms with E-state index in [0.29, 0.717) is 12.2 Å². The molecule has 2 rings (SSSR count). The van der Waals surface area contributed by atoms with E-state index in [2.05, 4.69) is 0 Å². The first kappa shape index (κ1) is 16.7. The van der Waals surface area contributed by atoms with Gasteiger partial charge >= 0.3 is 11.9 Å². The summed E-state index contributed by atoms with van der Waals surface area (Å²) in [6.07, 6.45) is 0. The summed E-state index contributed by atoms with van der Waals surface area (Å²) in [7, 11) is 0. The summed E-state index contributed by atoms with van der Waals surface area (Å²) < 4.78 is 23.7. The quantitative estimate of drug-likeness (QED) is 0.621. The number of carbonyl (C=O) groups excluding carboxylic acids is 2. The van der Waals surface area contributed by atoms with Gasteiger partial charge in [-0.1, -0.05) is 26.0 Å². The molecule has 0 N–H and O–H groups in total. The fourth-order valence-electron chi connectivity index (χ4n) is 1.77. The van der Waals surface area contributed by atoms with E-state index in [1.165, 1.54) is 42.5 Å². The second kappa shape index (κ2) is 7.54. The second-order valence-electron chi connectivity index (χ2n) is 5.39. The molecule has 0 atom stereocenters. The molecule has 0 spiro atoms. The van der Waals surface area contributed by atoms with Crippen LogP contribution in [-0.2, 0) is 4.74 Å². The van der Waals surface area contributed by atoms with Crippen LogP contribution in [0.3, 0.4) is 0 Å². The normalized spacial score (nSPS) is 10.4. The van der Waals surface area contributed by atoms with Gasteiger partial charge in [-0.2, -0.15) is 0 Å². The highest BCUT2D eigenvalue weighted by Gasteiger charge is 2.14. The molecule has 0 aliphatic carbocycles. The van der Waals surface area contributed by atoms with Crippen LogP contribution in [0.4, 0.5) is 4.39 Å². The Bertz CT molecular complexity index is 692. The molecular weight excluding hydrogens is 299 g/mol. The van der Waals surface area contributed by atoms with E-state index in [0.717, 1.165) is 0 Å². The first-order valence-corrected chi connectivity index (χ1v) is 7.21. The summed E-state index contributed by atoms with van der Waals surface area (Å²) in [5, 5.41) is 0. The predicted molar refractivity (Wildman–Crippen MR) is 82.9 cm³/mol. The Hall–Kier alpha value is -2.69. The van der Waals surface area contributed by atoms with Gasteiger partial charge in [0.15, 0.2) is 0 Å². The highest BCUT2D eigenvalue weighted by atomic mass is 19.1. The van der Waals surface area contributed by atoms with Crippen LogP contribution < -0.4 is 4.74 Å². The fraction of sp³-hybridized carbons (Fsp3) is 0.222. The fourth-order valence-corrected chi connectivity index (χ4v) is 1.77. The Morgan fingerprint density at radius 2 is 1.65 bits per heavy atom. The van der Waals surface area contributed by atoms with Gasteiger partial charge in [0, 0.05) is 0 Å². The van der Waals surface area contributed by atoms with Crippen molar-refractivity contribution >= 4 is 11.9 Å². The van der Waals surface area contributed by atoms with E-state index in [-0.39, 0.29) is 17.2 Å². The molecular formula is C18H17FO4. The third-order valence-electron chi connectivity index (χ3n) is 2.94. The van der Waals surface area contributed by atoms with Gasteiger partial charge in [0.05, 0.1) is 17.7 Å². The number of benzene rings is 2. The number of halogens is 1. The summed E-state index contributed by atoms with van der Waals surface area (Å²) in [5.41, 5.74) is 0.212. The zero-order valence-corrected chi connectivity index (χ0v) is 12.9. The molecule has 0 saturated heterocycles. The molecule has 0 aliphatic heterocycles. The van der Waals surface area contributed by atoms with E-state index in [9.17, 15) is 14.0 Å². The van der Waals surface area contributed by atoms with E-state index >= 15 is 0 Å². The Morgan fingerprint density at radius 1 is 1.00 bits per heavy atom. The molecule has 0 amide bonds. The Balaban J connectivity index is 2.01. The molecule has 0 aromatic heterocycles. The zero-order chi connectivity index (χ0) is 16.8. The van der Waals surface area contributed by atoms with Gasteiger partial charge in [-0.25, -0.2) is 14.0 Å². The van der Waals surface area contributed by atoms with Crippen LogP contribution in [0, 0.1) is 11.7 Å². The molecule has 2 aromatic carbocycles. The SMILES string of the molecule is CC(C)COC(=O)c1ccc(OC(=O)c2ccccc2F)cc1. The monoisotopic (exact) mass is 316 g/mol. The largest absolute Gasteiger partial charge is 0.462 e. The predicted octanol–water partition coefficient (Wildman–Crippen LogP) is 3.86. The topological polar surface area (TPSA) is 52.6 Å². The number of carbonyl (C=O) groups is 2. The minimum absolute atomic E-state index is 0.145. The molecule has 120 valence electrons. The Labute approximate surface area is 133 Å². The smallest absolute Gasteiger partial charge is 0.346 e. The van der Waals surface area contributed by atoms with Gasteiger partial charge in [-0.15, -0.1) is 0 Å². The number of esters is 2. The van der Waals surface area contributed by atoms with Gasteiger partial charge in [0.2, 0.25) is 0 Å². The summed E-state index contributed by atoms with van der Waals surface area (Å²) in [5.74, 6) is -1.41. The lowest BCUT2D eigenvalue weighted by molar-refractivity contribution is 0.0459. The van der Waals surface area contributed by atoms with Gasteiger partial charge in [0.1, 0.15) is 11.6 Å². The van der Waals surface area contributed by atoms with Crippen molar-refractivity contribution in [2.45, 2.75) is 13.8 Å². The third-order valence-corrected chi connectivity index (χ3v) is 2.94. The van der Waals surface area contributed by atoms with E-state index in [1.807, 2.05) is 13.8 Å². The Morgan fingerprint density at radius 3 is 2.26 bits per heavy atom. The van der Waals surface area contributed by atoms with E-state index < -0.39 is 17.8 Å². The van der Waals surface area contributed by atoms with Crippen molar-refractivity contribution < 1.29 is 23.5 Å². The molecule has 0 heterocycles. The van der Waals surface area contributed by atoms with Crippen molar-refractivity contribution in [2.24, 2.45) is 5.92 Å². The lowest BCUT2D eigenvalue weighted by atomic mass is 10.2. The first-order valence-electron chi connectivity index (χ1n) is 7.21. The van der Waals surface area contributed by atoms with Crippen LogP contribution in [0.1, 0.15) is 34.6 Å². The van der Waals surface area contributed by atoms with Gasteiger partial charge in [-0.3, -0.25) is 0 Å². The maximum Gasteiger partial charge on any atom is 0.346 e. The van der Waals surface area contributed by atoms with Crippen LogP contribution in [0.2, 0.25) is 0 Å². The van der Waals surface area contributed by atoms with Crippen molar-refractivity contribution in [3.63, 3.8) is 0 Å². The highest BCUT2D eigenvalue weighted by molar-refractivity contribution is 5.92. The second-order valence-corrected chi connectivity index (χ2v) is 5.39.